The summed E-state index contributed by atoms with van der Waals surface area (Å²) in [6.45, 7) is 4.14. The van der Waals surface area contributed by atoms with E-state index in [1.807, 2.05) is 43.1 Å². The Labute approximate surface area is 142 Å². The lowest BCUT2D eigenvalue weighted by molar-refractivity contribution is 0.0779. The molecule has 0 aliphatic carbocycles. The predicted octanol–water partition coefficient (Wildman–Crippen LogP) is 1.71. The normalized spacial score (nSPS) is 17.5. The molecule has 1 aromatic heterocycles. The lowest BCUT2D eigenvalue weighted by Gasteiger charge is -2.24. The lowest BCUT2D eigenvalue weighted by atomic mass is 10.1. The van der Waals surface area contributed by atoms with E-state index in [0.717, 1.165) is 30.6 Å². The second-order valence-corrected chi connectivity index (χ2v) is 6.38. The maximum absolute atomic E-state index is 12.6. The largest absolute Gasteiger partial charge is 0.384 e. The predicted molar refractivity (Wildman–Crippen MR) is 93.4 cm³/mol. The number of likely N-dealkylation sites (N-methyl/N-ethyl adjacent to an activating group) is 1. The number of rotatable bonds is 4. The zero-order chi connectivity index (χ0) is 17.1. The molecule has 6 nitrogen and oxygen atoms in total. The average molecular weight is 325 g/mol. The number of aromatic nitrogens is 2. The molecule has 1 atom stereocenters. The first-order valence-electron chi connectivity index (χ1n) is 8.16. The van der Waals surface area contributed by atoms with Crippen LogP contribution in [0.5, 0.6) is 0 Å². The van der Waals surface area contributed by atoms with Gasteiger partial charge in [-0.3, -0.25) is 9.69 Å². The van der Waals surface area contributed by atoms with Gasteiger partial charge in [-0.15, -0.1) is 0 Å². The summed E-state index contributed by atoms with van der Waals surface area (Å²) in [5.74, 6) is 1.30. The van der Waals surface area contributed by atoms with E-state index in [0.29, 0.717) is 24.2 Å². The molecule has 2 N–H and O–H groups in total. The summed E-state index contributed by atoms with van der Waals surface area (Å²) >= 11 is 0. The van der Waals surface area contributed by atoms with Gasteiger partial charge in [0, 0.05) is 30.9 Å². The standard InChI is InChI=1S/C18H23N5O/c1-13-4-3-5-14(10-13)18(24)23-9-7-15(11-23)22(2)12-17-20-8-6-16(19)21-17/h3-6,8,10,15H,7,9,11-12H2,1-2H3,(H2,19,20,21)/t15-/m0/s1. The minimum atomic E-state index is 0.106. The maximum atomic E-state index is 12.6. The third-order valence-corrected chi connectivity index (χ3v) is 4.46. The molecular formula is C18H23N5O. The van der Waals surface area contributed by atoms with Crippen molar-refractivity contribution in [3.63, 3.8) is 0 Å². The van der Waals surface area contributed by atoms with Crippen molar-refractivity contribution >= 4 is 11.7 Å². The molecular weight excluding hydrogens is 302 g/mol. The van der Waals surface area contributed by atoms with E-state index in [1.165, 1.54) is 0 Å². The zero-order valence-electron chi connectivity index (χ0n) is 14.1. The van der Waals surface area contributed by atoms with Crippen LogP contribution in [0.25, 0.3) is 0 Å². The SMILES string of the molecule is Cc1cccc(C(=O)N2CC[C@H](N(C)Cc3nccc(N)n3)C2)c1. The Morgan fingerprint density at radius 2 is 2.25 bits per heavy atom. The van der Waals surface area contributed by atoms with Crippen LogP contribution >= 0.6 is 0 Å². The molecule has 1 aromatic carbocycles. The fraction of sp³-hybridized carbons (Fsp3) is 0.389. The molecule has 6 heteroatoms. The zero-order valence-corrected chi connectivity index (χ0v) is 14.1. The number of nitrogen functional groups attached to an aromatic ring is 1. The summed E-state index contributed by atoms with van der Waals surface area (Å²) < 4.78 is 0. The Morgan fingerprint density at radius 1 is 1.42 bits per heavy atom. The van der Waals surface area contributed by atoms with Gasteiger partial charge >= 0.3 is 0 Å². The van der Waals surface area contributed by atoms with E-state index >= 15 is 0 Å². The van der Waals surface area contributed by atoms with Gasteiger partial charge in [0.05, 0.1) is 6.54 Å². The monoisotopic (exact) mass is 325 g/mol. The van der Waals surface area contributed by atoms with Crippen molar-refractivity contribution in [2.75, 3.05) is 25.9 Å². The summed E-state index contributed by atoms with van der Waals surface area (Å²) in [4.78, 5) is 25.2. The van der Waals surface area contributed by atoms with Gasteiger partial charge in [-0.05, 0) is 38.6 Å². The summed E-state index contributed by atoms with van der Waals surface area (Å²) in [5.41, 5.74) is 7.57. The van der Waals surface area contributed by atoms with Crippen molar-refractivity contribution < 1.29 is 4.79 Å². The molecule has 0 radical (unpaired) electrons. The van der Waals surface area contributed by atoms with Crippen LogP contribution < -0.4 is 5.73 Å². The van der Waals surface area contributed by atoms with Gasteiger partial charge in [-0.1, -0.05) is 17.7 Å². The van der Waals surface area contributed by atoms with E-state index in [-0.39, 0.29) is 5.91 Å². The molecule has 1 aliphatic heterocycles. The van der Waals surface area contributed by atoms with Gasteiger partial charge in [0.25, 0.3) is 5.91 Å². The summed E-state index contributed by atoms with van der Waals surface area (Å²) in [6.07, 6.45) is 2.63. The molecule has 0 unspecified atom stereocenters. The van der Waals surface area contributed by atoms with E-state index in [1.54, 1.807) is 12.3 Å². The molecule has 1 saturated heterocycles. The Morgan fingerprint density at radius 3 is 3.00 bits per heavy atom. The number of aryl methyl sites for hydroxylation is 1. The van der Waals surface area contributed by atoms with Gasteiger partial charge in [-0.2, -0.15) is 0 Å². The van der Waals surface area contributed by atoms with Crippen molar-refractivity contribution in [1.82, 2.24) is 19.8 Å². The number of likely N-dealkylation sites (tertiary alicyclic amines) is 1. The number of hydrogen-bond donors (Lipinski definition) is 1. The van der Waals surface area contributed by atoms with Crippen LogP contribution in [0.2, 0.25) is 0 Å². The van der Waals surface area contributed by atoms with Gasteiger partial charge in [0.1, 0.15) is 11.6 Å². The topological polar surface area (TPSA) is 75.4 Å². The molecule has 3 rings (SSSR count). The average Bonchev–Trinajstić information content (AvgIpc) is 3.04. The third-order valence-electron chi connectivity index (χ3n) is 4.46. The Hall–Kier alpha value is -2.47. The lowest BCUT2D eigenvalue weighted by Crippen LogP contribution is -2.36. The molecule has 0 saturated carbocycles. The summed E-state index contributed by atoms with van der Waals surface area (Å²) in [6, 6.07) is 9.75. The van der Waals surface area contributed by atoms with Gasteiger partial charge in [0.15, 0.2) is 0 Å². The van der Waals surface area contributed by atoms with Crippen LogP contribution in [0.3, 0.4) is 0 Å². The summed E-state index contributed by atoms with van der Waals surface area (Å²) in [5, 5.41) is 0. The number of carbonyl (C=O) groups excluding carboxylic acids is 1. The number of hydrogen-bond acceptors (Lipinski definition) is 5. The smallest absolute Gasteiger partial charge is 0.253 e. The number of nitrogens with zero attached hydrogens (tertiary/aromatic N) is 4. The molecule has 2 heterocycles. The fourth-order valence-electron chi connectivity index (χ4n) is 3.09. The number of benzene rings is 1. The minimum Gasteiger partial charge on any atom is -0.384 e. The first-order chi connectivity index (χ1) is 11.5. The van der Waals surface area contributed by atoms with Crippen molar-refractivity contribution in [3.8, 4) is 0 Å². The highest BCUT2D eigenvalue weighted by Gasteiger charge is 2.29. The third kappa shape index (κ3) is 3.71. The number of anilines is 1. The Bertz CT molecular complexity index is 733. The van der Waals surface area contributed by atoms with E-state index in [9.17, 15) is 4.79 Å². The van der Waals surface area contributed by atoms with Crippen LogP contribution in [0.15, 0.2) is 36.5 Å². The molecule has 0 bridgehead atoms. The van der Waals surface area contributed by atoms with Gasteiger partial charge in [-0.25, -0.2) is 9.97 Å². The fourth-order valence-corrected chi connectivity index (χ4v) is 3.09. The maximum Gasteiger partial charge on any atom is 0.253 e. The highest BCUT2D eigenvalue weighted by molar-refractivity contribution is 5.94. The molecule has 1 aliphatic rings. The minimum absolute atomic E-state index is 0.106. The molecule has 1 amide bonds. The van der Waals surface area contributed by atoms with Crippen LogP contribution in [-0.2, 0) is 6.54 Å². The van der Waals surface area contributed by atoms with Crippen LogP contribution in [0.1, 0.15) is 28.2 Å². The molecule has 0 spiro atoms. The highest BCUT2D eigenvalue weighted by atomic mass is 16.2. The van der Waals surface area contributed by atoms with Crippen LogP contribution in [0, 0.1) is 6.92 Å². The highest BCUT2D eigenvalue weighted by Crippen LogP contribution is 2.19. The van der Waals surface area contributed by atoms with Crippen molar-refractivity contribution in [3.05, 3.63) is 53.5 Å². The second kappa shape index (κ2) is 6.97. The first-order valence-corrected chi connectivity index (χ1v) is 8.16. The quantitative estimate of drug-likeness (QED) is 0.926. The van der Waals surface area contributed by atoms with E-state index in [2.05, 4.69) is 14.9 Å². The first kappa shape index (κ1) is 16.4. The Kier molecular flexibility index (Phi) is 4.76. The molecule has 1 fully saturated rings. The van der Waals surface area contributed by atoms with E-state index < -0.39 is 0 Å². The van der Waals surface area contributed by atoms with Gasteiger partial charge < -0.3 is 10.6 Å². The van der Waals surface area contributed by atoms with Crippen molar-refractivity contribution in [2.24, 2.45) is 0 Å². The van der Waals surface area contributed by atoms with Crippen molar-refractivity contribution in [1.29, 1.82) is 0 Å². The molecule has 24 heavy (non-hydrogen) atoms. The number of carbonyl (C=O) groups is 1. The second-order valence-electron chi connectivity index (χ2n) is 6.38. The number of amides is 1. The van der Waals surface area contributed by atoms with Crippen LogP contribution in [0.4, 0.5) is 5.82 Å². The summed E-state index contributed by atoms with van der Waals surface area (Å²) in [7, 11) is 2.04. The van der Waals surface area contributed by atoms with Gasteiger partial charge in [0.2, 0.25) is 0 Å². The molecule has 126 valence electrons. The molecule has 2 aromatic rings. The Balaban J connectivity index is 1.61. The van der Waals surface area contributed by atoms with Crippen molar-refractivity contribution in [2.45, 2.75) is 25.9 Å². The van der Waals surface area contributed by atoms with E-state index in [4.69, 9.17) is 5.73 Å². The number of nitrogens with two attached hydrogens (primary N) is 1. The van der Waals surface area contributed by atoms with Crippen LogP contribution in [-0.4, -0.2) is 51.9 Å².